The number of aryl methyl sites for hydroxylation is 1. The van der Waals surface area contributed by atoms with E-state index in [0.717, 1.165) is 42.0 Å². The third-order valence-electron chi connectivity index (χ3n) is 8.53. The van der Waals surface area contributed by atoms with Crippen LogP contribution in [0, 0.1) is 12.7 Å². The lowest BCUT2D eigenvalue weighted by atomic mass is 9.94. The first-order valence-electron chi connectivity index (χ1n) is 15.8. The number of nitrogens with one attached hydrogen (secondary N) is 1. The van der Waals surface area contributed by atoms with Gasteiger partial charge in [0, 0.05) is 24.0 Å². The van der Waals surface area contributed by atoms with E-state index in [1.807, 2.05) is 30.3 Å². The van der Waals surface area contributed by atoms with Gasteiger partial charge >= 0.3 is 0 Å². The molecule has 1 aliphatic carbocycles. The van der Waals surface area contributed by atoms with Gasteiger partial charge < -0.3 is 10.2 Å². The Balaban J connectivity index is 1.57. The molecular formula is C37H39ClFN3O4S. The number of anilines is 1. The van der Waals surface area contributed by atoms with Gasteiger partial charge in [0.05, 0.1) is 10.6 Å². The number of benzene rings is 4. The summed E-state index contributed by atoms with van der Waals surface area (Å²) in [5.41, 5.74) is 2.30. The molecule has 47 heavy (non-hydrogen) atoms. The Kier molecular flexibility index (Phi) is 11.3. The number of halogens is 2. The van der Waals surface area contributed by atoms with E-state index in [2.05, 4.69) is 5.32 Å². The van der Waals surface area contributed by atoms with Crippen molar-refractivity contribution in [2.75, 3.05) is 10.8 Å². The summed E-state index contributed by atoms with van der Waals surface area (Å²) < 4.78 is 43.3. The van der Waals surface area contributed by atoms with Crippen LogP contribution in [0.3, 0.4) is 0 Å². The summed E-state index contributed by atoms with van der Waals surface area (Å²) in [5, 5.41) is 3.61. The van der Waals surface area contributed by atoms with E-state index >= 15 is 0 Å². The van der Waals surface area contributed by atoms with E-state index in [1.165, 1.54) is 29.2 Å². The smallest absolute Gasteiger partial charge is 0.264 e. The fraction of sp³-hybridized carbons (Fsp3) is 0.297. The molecule has 246 valence electrons. The zero-order chi connectivity index (χ0) is 33.4. The molecular weight excluding hydrogens is 637 g/mol. The number of carbonyl (C=O) groups is 2. The van der Waals surface area contributed by atoms with Crippen molar-refractivity contribution in [3.63, 3.8) is 0 Å². The van der Waals surface area contributed by atoms with Crippen LogP contribution in [-0.2, 0) is 32.6 Å². The van der Waals surface area contributed by atoms with E-state index in [1.54, 1.807) is 55.5 Å². The van der Waals surface area contributed by atoms with E-state index in [9.17, 15) is 22.4 Å². The summed E-state index contributed by atoms with van der Waals surface area (Å²) in [4.78, 5) is 30.2. The average molecular weight is 676 g/mol. The minimum atomic E-state index is -4.23. The average Bonchev–Trinajstić information content (AvgIpc) is 3.07. The molecule has 0 aromatic heterocycles. The van der Waals surface area contributed by atoms with Crippen molar-refractivity contribution in [2.45, 2.75) is 69.0 Å². The van der Waals surface area contributed by atoms with Crippen LogP contribution in [0.2, 0.25) is 5.02 Å². The maximum absolute atomic E-state index is 14.6. The predicted octanol–water partition coefficient (Wildman–Crippen LogP) is 7.07. The number of hydrogen-bond donors (Lipinski definition) is 1. The molecule has 7 nitrogen and oxygen atoms in total. The van der Waals surface area contributed by atoms with Crippen molar-refractivity contribution < 1.29 is 22.4 Å². The SMILES string of the molecule is Cc1cc(Cl)ccc1N(CC(=O)N(Cc1ccc(F)cc1)[C@H](Cc1ccccc1)C(=O)NC1CCCCC1)S(=O)(=O)c1ccccc1. The monoisotopic (exact) mass is 675 g/mol. The van der Waals surface area contributed by atoms with Gasteiger partial charge in [0.15, 0.2) is 0 Å². The van der Waals surface area contributed by atoms with Crippen LogP contribution in [0.1, 0.15) is 48.8 Å². The summed E-state index contributed by atoms with van der Waals surface area (Å²) in [6.07, 6.45) is 5.06. The number of amides is 2. The van der Waals surface area contributed by atoms with Crippen LogP contribution in [-0.4, -0.2) is 43.8 Å². The number of nitrogens with zero attached hydrogens (tertiary/aromatic N) is 2. The number of carbonyl (C=O) groups excluding carboxylic acids is 2. The second kappa shape index (κ2) is 15.6. The first-order chi connectivity index (χ1) is 22.6. The van der Waals surface area contributed by atoms with Crippen LogP contribution < -0.4 is 9.62 Å². The van der Waals surface area contributed by atoms with Gasteiger partial charge in [0.2, 0.25) is 11.8 Å². The molecule has 4 aromatic rings. The molecule has 0 unspecified atom stereocenters. The molecule has 2 amide bonds. The maximum atomic E-state index is 14.6. The lowest BCUT2D eigenvalue weighted by Gasteiger charge is -2.35. The topological polar surface area (TPSA) is 86.8 Å². The highest BCUT2D eigenvalue weighted by atomic mass is 35.5. The Bertz CT molecular complexity index is 1770. The predicted molar refractivity (Wildman–Crippen MR) is 183 cm³/mol. The molecule has 1 fully saturated rings. The third-order valence-corrected chi connectivity index (χ3v) is 10.5. The minimum Gasteiger partial charge on any atom is -0.352 e. The van der Waals surface area contributed by atoms with Gasteiger partial charge in [-0.1, -0.05) is 91.5 Å². The second-order valence-corrected chi connectivity index (χ2v) is 14.3. The first kappa shape index (κ1) is 34.1. The lowest BCUT2D eigenvalue weighted by Crippen LogP contribution is -2.55. The van der Waals surface area contributed by atoms with Crippen LogP contribution in [0.25, 0.3) is 0 Å². The summed E-state index contributed by atoms with van der Waals surface area (Å²) in [7, 11) is -4.23. The molecule has 1 saturated carbocycles. The molecule has 1 aliphatic rings. The quantitative estimate of drug-likeness (QED) is 0.174. The van der Waals surface area contributed by atoms with Crippen molar-refractivity contribution in [3.05, 3.63) is 131 Å². The Morgan fingerprint density at radius 2 is 1.51 bits per heavy atom. The highest BCUT2D eigenvalue weighted by molar-refractivity contribution is 7.92. The summed E-state index contributed by atoms with van der Waals surface area (Å²) >= 11 is 6.23. The van der Waals surface area contributed by atoms with Crippen molar-refractivity contribution in [1.82, 2.24) is 10.2 Å². The van der Waals surface area contributed by atoms with E-state index < -0.39 is 34.3 Å². The van der Waals surface area contributed by atoms with Gasteiger partial charge in [0.1, 0.15) is 18.4 Å². The fourth-order valence-electron chi connectivity index (χ4n) is 6.02. The number of sulfonamides is 1. The number of rotatable bonds is 12. The highest BCUT2D eigenvalue weighted by Gasteiger charge is 2.35. The molecule has 4 aromatic carbocycles. The van der Waals surface area contributed by atoms with E-state index in [4.69, 9.17) is 11.6 Å². The van der Waals surface area contributed by atoms with Crippen molar-refractivity contribution >= 4 is 39.1 Å². The first-order valence-corrected chi connectivity index (χ1v) is 17.7. The van der Waals surface area contributed by atoms with Crippen molar-refractivity contribution in [1.29, 1.82) is 0 Å². The van der Waals surface area contributed by atoms with Gasteiger partial charge in [-0.25, -0.2) is 12.8 Å². The molecule has 0 radical (unpaired) electrons. The molecule has 5 rings (SSSR count). The largest absolute Gasteiger partial charge is 0.352 e. The van der Waals surface area contributed by atoms with Crippen LogP contribution >= 0.6 is 11.6 Å². The molecule has 1 atom stereocenters. The Morgan fingerprint density at radius 1 is 0.872 bits per heavy atom. The summed E-state index contributed by atoms with van der Waals surface area (Å²) in [5.74, 6) is -1.32. The Labute approximate surface area is 281 Å². The van der Waals surface area contributed by atoms with Crippen LogP contribution in [0.5, 0.6) is 0 Å². The minimum absolute atomic E-state index is 0.0102. The van der Waals surface area contributed by atoms with Gasteiger partial charge in [-0.2, -0.15) is 0 Å². The Hall–Kier alpha value is -4.21. The third kappa shape index (κ3) is 8.78. The van der Waals surface area contributed by atoms with E-state index in [0.29, 0.717) is 21.8 Å². The molecule has 0 spiro atoms. The number of hydrogen-bond acceptors (Lipinski definition) is 4. The molecule has 0 aliphatic heterocycles. The summed E-state index contributed by atoms with van der Waals surface area (Å²) in [6.45, 7) is 1.11. The zero-order valence-corrected chi connectivity index (χ0v) is 27.9. The van der Waals surface area contributed by atoms with Crippen molar-refractivity contribution in [2.24, 2.45) is 0 Å². The van der Waals surface area contributed by atoms with Gasteiger partial charge in [-0.15, -0.1) is 0 Å². The molecule has 0 heterocycles. The lowest BCUT2D eigenvalue weighted by molar-refractivity contribution is -0.140. The standard InChI is InChI=1S/C37H39ClFN3O4S/c1-27-23-30(38)19-22-34(27)42(47(45,46)33-15-9-4-10-16-33)26-36(43)41(25-29-17-20-31(39)21-18-29)35(24-28-11-5-2-6-12-28)37(44)40-32-13-7-3-8-14-32/h2,4-6,9-12,15-23,32,35H,3,7-8,13-14,24-26H2,1H3,(H,40,44)/t35-/m1/s1. The zero-order valence-electron chi connectivity index (χ0n) is 26.3. The summed E-state index contributed by atoms with van der Waals surface area (Å²) in [6, 6.07) is 26.9. The van der Waals surface area contributed by atoms with Gasteiger partial charge in [-0.3, -0.25) is 13.9 Å². The fourth-order valence-corrected chi connectivity index (χ4v) is 7.74. The Morgan fingerprint density at radius 3 is 2.15 bits per heavy atom. The van der Waals surface area contributed by atoms with Crippen LogP contribution in [0.15, 0.2) is 108 Å². The van der Waals surface area contributed by atoms with E-state index in [-0.39, 0.29) is 29.8 Å². The normalized spacial score (nSPS) is 14.3. The molecule has 1 N–H and O–H groups in total. The second-order valence-electron chi connectivity index (χ2n) is 12.0. The molecule has 10 heteroatoms. The maximum Gasteiger partial charge on any atom is 0.264 e. The van der Waals surface area contributed by atoms with Gasteiger partial charge in [-0.05, 0) is 78.9 Å². The van der Waals surface area contributed by atoms with Crippen molar-refractivity contribution in [3.8, 4) is 0 Å². The molecule has 0 bridgehead atoms. The van der Waals surface area contributed by atoms with Gasteiger partial charge in [0.25, 0.3) is 10.0 Å². The molecule has 0 saturated heterocycles. The highest BCUT2D eigenvalue weighted by Crippen LogP contribution is 2.30. The van der Waals surface area contributed by atoms with Crippen LogP contribution in [0.4, 0.5) is 10.1 Å².